The zero-order valence-corrected chi connectivity index (χ0v) is 22.1. The zero-order valence-electron chi connectivity index (χ0n) is 20.6. The zero-order chi connectivity index (χ0) is 24.5. The summed E-state index contributed by atoms with van der Waals surface area (Å²) in [5, 5.41) is 1.55. The van der Waals surface area contributed by atoms with E-state index in [2.05, 4.69) is 53.2 Å². The molecule has 1 saturated carbocycles. The highest BCUT2D eigenvalue weighted by atomic mass is 35.5. The Morgan fingerprint density at radius 2 is 1.69 bits per heavy atom. The molecule has 1 aliphatic carbocycles. The lowest BCUT2D eigenvalue weighted by Crippen LogP contribution is -2.41. The number of amides is 1. The van der Waals surface area contributed by atoms with Crippen LogP contribution >= 0.6 is 22.9 Å². The molecule has 1 fully saturated rings. The number of hydrogen-bond donors (Lipinski definition) is 0. The van der Waals surface area contributed by atoms with Crippen molar-refractivity contribution in [2.75, 3.05) is 0 Å². The van der Waals surface area contributed by atoms with Gasteiger partial charge in [0.05, 0.1) is 5.02 Å². The van der Waals surface area contributed by atoms with E-state index < -0.39 is 0 Å². The fourth-order valence-electron chi connectivity index (χ4n) is 5.25. The quantitative estimate of drug-likeness (QED) is 0.274. The summed E-state index contributed by atoms with van der Waals surface area (Å²) in [5.74, 6) is 0.773. The molecule has 0 saturated heterocycles. The summed E-state index contributed by atoms with van der Waals surface area (Å²) in [7, 11) is 0. The van der Waals surface area contributed by atoms with Crippen molar-refractivity contribution in [3.8, 4) is 11.1 Å². The highest BCUT2D eigenvalue weighted by Gasteiger charge is 2.31. The fourth-order valence-corrected chi connectivity index (χ4v) is 6.72. The molecule has 0 N–H and O–H groups in total. The molecule has 0 spiro atoms. The van der Waals surface area contributed by atoms with Crippen LogP contribution in [0.15, 0.2) is 60.7 Å². The predicted octanol–water partition coefficient (Wildman–Crippen LogP) is 8.45. The number of thiophene rings is 1. The molecule has 1 aliphatic rings. The van der Waals surface area contributed by atoms with Gasteiger partial charge < -0.3 is 4.90 Å². The molecule has 0 aliphatic heterocycles. The number of aryl methyl sites for hydroxylation is 2. The maximum Gasteiger partial charge on any atom is 0.266 e. The summed E-state index contributed by atoms with van der Waals surface area (Å²) >= 11 is 8.26. The van der Waals surface area contributed by atoms with Crippen LogP contribution in [0.1, 0.15) is 59.2 Å². The number of carbonyl (C=O) groups excluding carboxylic acids is 1. The lowest BCUT2D eigenvalue weighted by Gasteiger charge is -2.36. The molecule has 0 unspecified atom stereocenters. The van der Waals surface area contributed by atoms with Crippen LogP contribution in [0, 0.1) is 19.8 Å². The van der Waals surface area contributed by atoms with Crippen LogP contribution in [0.3, 0.4) is 0 Å². The summed E-state index contributed by atoms with van der Waals surface area (Å²) < 4.78 is 1.06. The maximum absolute atomic E-state index is 14.0. The van der Waals surface area contributed by atoms with Crippen LogP contribution in [0.5, 0.6) is 0 Å². The molecule has 0 atom stereocenters. The van der Waals surface area contributed by atoms with Crippen molar-refractivity contribution >= 4 is 38.9 Å². The summed E-state index contributed by atoms with van der Waals surface area (Å²) in [4.78, 5) is 21.3. The normalized spacial score (nSPS) is 18.1. The number of halogens is 1. The van der Waals surface area contributed by atoms with Crippen molar-refractivity contribution in [3.05, 3.63) is 87.5 Å². The van der Waals surface area contributed by atoms with E-state index in [9.17, 15) is 4.79 Å². The minimum absolute atomic E-state index is 0.0526. The summed E-state index contributed by atoms with van der Waals surface area (Å²) in [5.41, 5.74) is 5.48. The first-order valence-corrected chi connectivity index (χ1v) is 13.6. The van der Waals surface area contributed by atoms with Gasteiger partial charge in [-0.15, -0.1) is 11.3 Å². The van der Waals surface area contributed by atoms with Crippen LogP contribution < -0.4 is 0 Å². The van der Waals surface area contributed by atoms with Crippen LogP contribution in [0.25, 0.3) is 21.2 Å². The Morgan fingerprint density at radius 1 is 0.971 bits per heavy atom. The predicted molar refractivity (Wildman–Crippen MR) is 147 cm³/mol. The summed E-state index contributed by atoms with van der Waals surface area (Å²) in [6.07, 6.45) is 4.39. The number of aromatic nitrogens is 1. The minimum atomic E-state index is 0.0526. The molecule has 0 radical (unpaired) electrons. The number of rotatable bonds is 5. The largest absolute Gasteiger partial charge is 0.331 e. The Morgan fingerprint density at radius 3 is 2.40 bits per heavy atom. The van der Waals surface area contributed by atoms with Gasteiger partial charge in [0.15, 0.2) is 0 Å². The Labute approximate surface area is 216 Å². The molecule has 180 valence electrons. The Bertz CT molecular complexity index is 1350. The van der Waals surface area contributed by atoms with Crippen molar-refractivity contribution in [2.24, 2.45) is 5.92 Å². The van der Waals surface area contributed by atoms with Gasteiger partial charge in [-0.3, -0.25) is 9.78 Å². The van der Waals surface area contributed by atoms with Crippen LogP contribution in [0.2, 0.25) is 5.02 Å². The molecule has 35 heavy (non-hydrogen) atoms. The SMILES string of the molecule is Cc1cc(-c2cccc(CN(C(=O)c3sc4ccccc4c3Cl)C3CCC(C)CC3)c2)cc(C)n1. The van der Waals surface area contributed by atoms with Crippen molar-refractivity contribution < 1.29 is 4.79 Å². The Hall–Kier alpha value is -2.69. The lowest BCUT2D eigenvalue weighted by molar-refractivity contribution is 0.0598. The van der Waals surface area contributed by atoms with Crippen LogP contribution in [-0.4, -0.2) is 21.8 Å². The molecule has 5 rings (SSSR count). The summed E-state index contributed by atoms with van der Waals surface area (Å²) in [6.45, 7) is 6.95. The van der Waals surface area contributed by atoms with Gasteiger partial charge in [-0.25, -0.2) is 0 Å². The van der Waals surface area contributed by atoms with E-state index in [1.807, 2.05) is 38.1 Å². The maximum atomic E-state index is 14.0. The average molecular weight is 503 g/mol. The van der Waals surface area contributed by atoms with Crippen LogP contribution in [-0.2, 0) is 6.54 Å². The molecule has 4 aromatic rings. The van der Waals surface area contributed by atoms with Gasteiger partial charge in [0.2, 0.25) is 0 Å². The number of nitrogens with zero attached hydrogens (tertiary/aromatic N) is 2. The summed E-state index contributed by atoms with van der Waals surface area (Å²) in [6, 6.07) is 21.0. The Balaban J connectivity index is 1.49. The van der Waals surface area contributed by atoms with E-state index >= 15 is 0 Å². The van der Waals surface area contributed by atoms with Gasteiger partial charge in [-0.05, 0) is 86.4 Å². The first-order chi connectivity index (χ1) is 16.9. The molecule has 5 heteroatoms. The number of pyridine rings is 1. The number of carbonyl (C=O) groups is 1. The van der Waals surface area contributed by atoms with E-state index in [-0.39, 0.29) is 11.9 Å². The van der Waals surface area contributed by atoms with E-state index in [4.69, 9.17) is 11.6 Å². The number of benzene rings is 2. The van der Waals surface area contributed by atoms with E-state index in [0.717, 1.165) is 69.8 Å². The third-order valence-electron chi connectivity index (χ3n) is 7.11. The van der Waals surface area contributed by atoms with Gasteiger partial charge in [-0.1, -0.05) is 54.9 Å². The van der Waals surface area contributed by atoms with Gasteiger partial charge >= 0.3 is 0 Å². The lowest BCUT2D eigenvalue weighted by atomic mass is 9.86. The monoisotopic (exact) mass is 502 g/mol. The number of fused-ring (bicyclic) bond motifs is 1. The molecule has 2 aromatic heterocycles. The second-order valence-electron chi connectivity index (χ2n) is 9.93. The van der Waals surface area contributed by atoms with Crippen molar-refractivity contribution in [1.82, 2.24) is 9.88 Å². The molecular weight excluding hydrogens is 472 g/mol. The molecule has 0 bridgehead atoms. The first-order valence-electron chi connectivity index (χ1n) is 12.4. The second kappa shape index (κ2) is 10.1. The third kappa shape index (κ3) is 5.14. The highest BCUT2D eigenvalue weighted by molar-refractivity contribution is 7.21. The van der Waals surface area contributed by atoms with Gasteiger partial charge in [0.25, 0.3) is 5.91 Å². The smallest absolute Gasteiger partial charge is 0.266 e. The molecule has 3 nitrogen and oxygen atoms in total. The third-order valence-corrected chi connectivity index (χ3v) is 8.77. The molecular formula is C30H31ClN2OS. The second-order valence-corrected chi connectivity index (χ2v) is 11.4. The Kier molecular flexibility index (Phi) is 6.95. The van der Waals surface area contributed by atoms with Crippen molar-refractivity contribution in [1.29, 1.82) is 0 Å². The average Bonchev–Trinajstić information content (AvgIpc) is 3.19. The molecule has 2 aromatic carbocycles. The van der Waals surface area contributed by atoms with E-state index in [1.54, 1.807) is 0 Å². The van der Waals surface area contributed by atoms with Crippen LogP contribution in [0.4, 0.5) is 0 Å². The molecule has 1 amide bonds. The van der Waals surface area contributed by atoms with Gasteiger partial charge in [0.1, 0.15) is 4.88 Å². The minimum Gasteiger partial charge on any atom is -0.331 e. The highest BCUT2D eigenvalue weighted by Crippen LogP contribution is 2.38. The standard InChI is InChI=1S/C30H31ClN2OS/c1-19-11-13-25(14-12-19)33(30(34)29-28(31)26-9-4-5-10-27(26)35-29)18-22-7-6-8-23(17-22)24-15-20(2)32-21(3)16-24/h4-10,15-17,19,25H,11-14,18H2,1-3H3. The fraction of sp³-hybridized carbons (Fsp3) is 0.333. The van der Waals surface area contributed by atoms with E-state index in [1.165, 1.54) is 11.3 Å². The van der Waals surface area contributed by atoms with Crippen molar-refractivity contribution in [2.45, 2.75) is 59.0 Å². The van der Waals surface area contributed by atoms with Gasteiger partial charge in [0, 0.05) is 34.1 Å². The van der Waals surface area contributed by atoms with Crippen molar-refractivity contribution in [3.63, 3.8) is 0 Å². The number of hydrogen-bond acceptors (Lipinski definition) is 3. The topological polar surface area (TPSA) is 33.2 Å². The van der Waals surface area contributed by atoms with Gasteiger partial charge in [-0.2, -0.15) is 0 Å². The molecule has 2 heterocycles. The first kappa shape index (κ1) is 24.0. The van der Waals surface area contributed by atoms with E-state index in [0.29, 0.717) is 16.4 Å².